The highest BCUT2D eigenvalue weighted by atomic mass is 16.5. The standard InChI is InChI=1S/C22H33N3O2/c1-23-18-22(17-20(21(23)26)19-5-3-2-4-6-19)7-9-24(10-8-22)11-12-25-13-15-27-16-14-25/h2-6,20H,7-18H2,1H3. The third kappa shape index (κ3) is 4.36. The summed E-state index contributed by atoms with van der Waals surface area (Å²) in [6.07, 6.45) is 3.42. The SMILES string of the molecule is CN1CC2(CCN(CCN3CCOCC3)CC2)CC(c2ccccc2)C1=O. The minimum absolute atomic E-state index is 0.0323. The molecule has 27 heavy (non-hydrogen) atoms. The van der Waals surface area contributed by atoms with Crippen molar-refractivity contribution >= 4 is 5.91 Å². The number of benzene rings is 1. The van der Waals surface area contributed by atoms with Crippen LogP contribution in [0.4, 0.5) is 0 Å². The smallest absolute Gasteiger partial charge is 0.229 e. The second-order valence-corrected chi connectivity index (χ2v) is 8.66. The zero-order valence-corrected chi connectivity index (χ0v) is 16.6. The summed E-state index contributed by atoms with van der Waals surface area (Å²) in [4.78, 5) is 19.9. The van der Waals surface area contributed by atoms with Crippen LogP contribution in [0, 0.1) is 5.41 Å². The van der Waals surface area contributed by atoms with Gasteiger partial charge in [-0.2, -0.15) is 0 Å². The lowest BCUT2D eigenvalue weighted by atomic mass is 9.68. The minimum Gasteiger partial charge on any atom is -0.379 e. The minimum atomic E-state index is 0.0323. The van der Waals surface area contributed by atoms with Crippen molar-refractivity contribution in [2.24, 2.45) is 5.41 Å². The second kappa shape index (κ2) is 8.29. The Labute approximate surface area is 163 Å². The number of piperidine rings is 2. The molecule has 0 saturated carbocycles. The number of amides is 1. The van der Waals surface area contributed by atoms with Gasteiger partial charge in [0.1, 0.15) is 0 Å². The van der Waals surface area contributed by atoms with Gasteiger partial charge in [-0.25, -0.2) is 0 Å². The molecule has 1 aromatic rings. The number of nitrogens with zero attached hydrogens (tertiary/aromatic N) is 3. The largest absolute Gasteiger partial charge is 0.379 e. The number of hydrogen-bond acceptors (Lipinski definition) is 4. The molecule has 148 valence electrons. The fourth-order valence-corrected chi connectivity index (χ4v) is 5.10. The number of morpholine rings is 1. The van der Waals surface area contributed by atoms with Crippen LogP contribution >= 0.6 is 0 Å². The van der Waals surface area contributed by atoms with Crippen molar-refractivity contribution in [3.8, 4) is 0 Å². The van der Waals surface area contributed by atoms with Crippen LogP contribution in [-0.4, -0.2) is 86.7 Å². The molecule has 1 atom stereocenters. The fourth-order valence-electron chi connectivity index (χ4n) is 5.10. The molecule has 1 aromatic carbocycles. The van der Waals surface area contributed by atoms with E-state index in [0.29, 0.717) is 11.3 Å². The fraction of sp³-hybridized carbons (Fsp3) is 0.682. The molecule has 3 fully saturated rings. The zero-order valence-electron chi connectivity index (χ0n) is 16.6. The van der Waals surface area contributed by atoms with Crippen molar-refractivity contribution in [3.05, 3.63) is 35.9 Å². The van der Waals surface area contributed by atoms with Gasteiger partial charge < -0.3 is 14.5 Å². The first-order chi connectivity index (χ1) is 13.2. The average molecular weight is 372 g/mol. The average Bonchev–Trinajstić information content (AvgIpc) is 2.72. The number of carbonyl (C=O) groups is 1. The molecule has 3 heterocycles. The van der Waals surface area contributed by atoms with Crippen LogP contribution in [0.5, 0.6) is 0 Å². The highest BCUT2D eigenvalue weighted by Gasteiger charge is 2.44. The molecule has 4 rings (SSSR count). The van der Waals surface area contributed by atoms with E-state index in [0.717, 1.165) is 65.4 Å². The van der Waals surface area contributed by atoms with Crippen molar-refractivity contribution in [2.75, 3.05) is 66.1 Å². The van der Waals surface area contributed by atoms with Crippen LogP contribution in [-0.2, 0) is 9.53 Å². The number of hydrogen-bond donors (Lipinski definition) is 0. The van der Waals surface area contributed by atoms with E-state index in [-0.39, 0.29) is 5.92 Å². The van der Waals surface area contributed by atoms with Crippen molar-refractivity contribution < 1.29 is 9.53 Å². The van der Waals surface area contributed by atoms with E-state index < -0.39 is 0 Å². The van der Waals surface area contributed by atoms with Gasteiger partial charge in [0.05, 0.1) is 19.1 Å². The van der Waals surface area contributed by atoms with Crippen LogP contribution in [0.15, 0.2) is 30.3 Å². The number of likely N-dealkylation sites (tertiary alicyclic amines) is 2. The molecule has 0 aliphatic carbocycles. The molecule has 1 spiro atoms. The Kier molecular flexibility index (Phi) is 5.81. The van der Waals surface area contributed by atoms with Crippen LogP contribution in [0.2, 0.25) is 0 Å². The predicted molar refractivity (Wildman–Crippen MR) is 107 cm³/mol. The highest BCUT2D eigenvalue weighted by molar-refractivity contribution is 5.84. The van der Waals surface area contributed by atoms with E-state index in [1.54, 1.807) is 0 Å². The molecule has 5 nitrogen and oxygen atoms in total. The maximum atomic E-state index is 12.8. The Hall–Kier alpha value is -1.43. The molecule has 0 bridgehead atoms. The predicted octanol–water partition coefficient (Wildman–Crippen LogP) is 2.05. The topological polar surface area (TPSA) is 36.0 Å². The molecule has 1 unspecified atom stereocenters. The van der Waals surface area contributed by atoms with Crippen molar-refractivity contribution in [1.82, 2.24) is 14.7 Å². The summed E-state index contributed by atoms with van der Waals surface area (Å²) in [6.45, 7) is 9.46. The van der Waals surface area contributed by atoms with E-state index in [1.807, 2.05) is 18.0 Å². The third-order valence-electron chi connectivity index (χ3n) is 6.84. The van der Waals surface area contributed by atoms with Gasteiger partial charge in [-0.15, -0.1) is 0 Å². The zero-order chi connectivity index (χ0) is 18.7. The first-order valence-corrected chi connectivity index (χ1v) is 10.5. The van der Waals surface area contributed by atoms with Crippen LogP contribution in [0.1, 0.15) is 30.7 Å². The van der Waals surface area contributed by atoms with Crippen LogP contribution in [0.3, 0.4) is 0 Å². The maximum Gasteiger partial charge on any atom is 0.229 e. The maximum absolute atomic E-state index is 12.8. The molecule has 0 radical (unpaired) electrons. The first kappa shape index (κ1) is 18.9. The van der Waals surface area contributed by atoms with Gasteiger partial charge in [0.15, 0.2) is 0 Å². The van der Waals surface area contributed by atoms with Gasteiger partial charge in [0, 0.05) is 39.8 Å². The normalized spacial score (nSPS) is 27.2. The monoisotopic (exact) mass is 371 g/mol. The molecule has 3 aliphatic heterocycles. The summed E-state index contributed by atoms with van der Waals surface area (Å²) in [5, 5.41) is 0. The Morgan fingerprint density at radius 2 is 1.63 bits per heavy atom. The lowest BCUT2D eigenvalue weighted by Gasteiger charge is -2.49. The van der Waals surface area contributed by atoms with Gasteiger partial charge in [-0.1, -0.05) is 30.3 Å². The van der Waals surface area contributed by atoms with Crippen molar-refractivity contribution in [2.45, 2.75) is 25.2 Å². The molecule has 0 aromatic heterocycles. The summed E-state index contributed by atoms with van der Waals surface area (Å²) in [5.74, 6) is 0.325. The summed E-state index contributed by atoms with van der Waals surface area (Å²) in [5.41, 5.74) is 1.47. The van der Waals surface area contributed by atoms with E-state index in [4.69, 9.17) is 4.74 Å². The number of rotatable bonds is 4. The van der Waals surface area contributed by atoms with Gasteiger partial charge in [0.2, 0.25) is 5.91 Å². The second-order valence-electron chi connectivity index (χ2n) is 8.66. The van der Waals surface area contributed by atoms with Gasteiger partial charge >= 0.3 is 0 Å². The molecule has 3 aliphatic rings. The van der Waals surface area contributed by atoms with E-state index in [9.17, 15) is 4.79 Å². The first-order valence-electron chi connectivity index (χ1n) is 10.5. The molecule has 0 N–H and O–H groups in total. The van der Waals surface area contributed by atoms with Crippen LogP contribution < -0.4 is 0 Å². The van der Waals surface area contributed by atoms with Gasteiger partial charge in [-0.05, 0) is 43.3 Å². The third-order valence-corrected chi connectivity index (χ3v) is 6.84. The molecule has 3 saturated heterocycles. The molecular formula is C22H33N3O2. The lowest BCUT2D eigenvalue weighted by molar-refractivity contribution is -0.139. The van der Waals surface area contributed by atoms with Crippen LogP contribution in [0.25, 0.3) is 0 Å². The van der Waals surface area contributed by atoms with Gasteiger partial charge in [-0.3, -0.25) is 9.69 Å². The van der Waals surface area contributed by atoms with E-state index in [1.165, 1.54) is 18.4 Å². The number of likely N-dealkylation sites (N-methyl/N-ethyl adjacent to an activating group) is 1. The molecular weight excluding hydrogens is 338 g/mol. The van der Waals surface area contributed by atoms with E-state index >= 15 is 0 Å². The summed E-state index contributed by atoms with van der Waals surface area (Å²) in [7, 11) is 1.99. The number of ether oxygens (including phenoxy) is 1. The summed E-state index contributed by atoms with van der Waals surface area (Å²) < 4.78 is 5.44. The van der Waals surface area contributed by atoms with Crippen molar-refractivity contribution in [3.63, 3.8) is 0 Å². The Bertz CT molecular complexity index is 622. The van der Waals surface area contributed by atoms with Gasteiger partial charge in [0.25, 0.3) is 0 Å². The Balaban J connectivity index is 1.34. The van der Waals surface area contributed by atoms with Crippen molar-refractivity contribution in [1.29, 1.82) is 0 Å². The Morgan fingerprint density at radius 1 is 1.00 bits per heavy atom. The quantitative estimate of drug-likeness (QED) is 0.812. The molecule has 1 amide bonds. The Morgan fingerprint density at radius 3 is 2.30 bits per heavy atom. The molecule has 5 heteroatoms. The summed E-state index contributed by atoms with van der Waals surface area (Å²) >= 11 is 0. The summed E-state index contributed by atoms with van der Waals surface area (Å²) in [6, 6.07) is 10.4. The lowest BCUT2D eigenvalue weighted by Crippen LogP contribution is -2.53. The highest BCUT2D eigenvalue weighted by Crippen LogP contribution is 2.45. The number of carbonyl (C=O) groups excluding carboxylic acids is 1. The van der Waals surface area contributed by atoms with E-state index in [2.05, 4.69) is 34.1 Å².